The number of aryl methyl sites for hydroxylation is 1. The highest BCUT2D eigenvalue weighted by Crippen LogP contribution is 2.29. The maximum Gasteiger partial charge on any atom is 0.416 e. The van der Waals surface area contributed by atoms with Crippen molar-refractivity contribution in [3.05, 3.63) is 47.2 Å². The van der Waals surface area contributed by atoms with Gasteiger partial charge < -0.3 is 9.84 Å². The number of hydrogen-bond donors (Lipinski definition) is 1. The summed E-state index contributed by atoms with van der Waals surface area (Å²) in [4.78, 5) is 0. The van der Waals surface area contributed by atoms with E-state index in [4.69, 9.17) is 9.84 Å². The third-order valence-electron chi connectivity index (χ3n) is 3.50. The minimum absolute atomic E-state index is 0.0661. The van der Waals surface area contributed by atoms with E-state index in [0.717, 1.165) is 29.8 Å². The van der Waals surface area contributed by atoms with Crippen LogP contribution in [0.25, 0.3) is 0 Å². The Hall–Kier alpha value is -2.02. The van der Waals surface area contributed by atoms with Crippen LogP contribution in [0, 0.1) is 0 Å². The first-order valence-electron chi connectivity index (χ1n) is 7.90. The van der Waals surface area contributed by atoms with E-state index in [1.807, 2.05) is 13.0 Å². The fourth-order valence-electron chi connectivity index (χ4n) is 2.28. The van der Waals surface area contributed by atoms with E-state index in [1.54, 1.807) is 4.68 Å². The highest BCUT2D eigenvalue weighted by Gasteiger charge is 2.29. The minimum atomic E-state index is -4.34. The molecule has 0 fully saturated rings. The molecule has 2 rings (SSSR count). The topological polar surface area (TPSA) is 47.3 Å². The zero-order valence-electron chi connectivity index (χ0n) is 13.5. The Labute approximate surface area is 138 Å². The van der Waals surface area contributed by atoms with Crippen molar-refractivity contribution >= 4 is 0 Å². The van der Waals surface area contributed by atoms with Crippen molar-refractivity contribution in [1.29, 1.82) is 0 Å². The van der Waals surface area contributed by atoms with Gasteiger partial charge in [-0.25, -0.2) is 0 Å². The van der Waals surface area contributed by atoms with Crippen molar-refractivity contribution in [1.82, 2.24) is 9.78 Å². The molecule has 0 amide bonds. The third kappa shape index (κ3) is 4.99. The van der Waals surface area contributed by atoms with Crippen molar-refractivity contribution in [3.63, 3.8) is 0 Å². The SMILES string of the molecule is CCCOc1cc(CCCO)n(Cc2ccc(C(F)(F)F)cc2)n1. The number of aromatic nitrogens is 2. The lowest BCUT2D eigenvalue weighted by atomic mass is 10.1. The molecular weight excluding hydrogens is 321 g/mol. The van der Waals surface area contributed by atoms with Crippen LogP contribution in [0.15, 0.2) is 30.3 Å². The Morgan fingerprint density at radius 3 is 2.50 bits per heavy atom. The molecule has 0 radical (unpaired) electrons. The molecule has 24 heavy (non-hydrogen) atoms. The summed E-state index contributed by atoms with van der Waals surface area (Å²) in [6.07, 6.45) is -2.26. The minimum Gasteiger partial charge on any atom is -0.477 e. The highest BCUT2D eigenvalue weighted by atomic mass is 19.4. The van der Waals surface area contributed by atoms with Gasteiger partial charge in [-0.1, -0.05) is 19.1 Å². The lowest BCUT2D eigenvalue weighted by Crippen LogP contribution is -2.09. The summed E-state index contributed by atoms with van der Waals surface area (Å²) in [5, 5.41) is 13.4. The van der Waals surface area contributed by atoms with Crippen molar-refractivity contribution in [2.75, 3.05) is 13.2 Å². The van der Waals surface area contributed by atoms with E-state index in [-0.39, 0.29) is 6.61 Å². The molecule has 1 aromatic heterocycles. The first-order valence-corrected chi connectivity index (χ1v) is 7.90. The number of aliphatic hydroxyl groups excluding tert-OH is 1. The van der Waals surface area contributed by atoms with Gasteiger partial charge in [0.05, 0.1) is 18.7 Å². The zero-order chi connectivity index (χ0) is 17.6. The largest absolute Gasteiger partial charge is 0.477 e. The predicted molar refractivity (Wildman–Crippen MR) is 84.0 cm³/mol. The first-order chi connectivity index (χ1) is 11.4. The summed E-state index contributed by atoms with van der Waals surface area (Å²) in [6.45, 7) is 2.97. The monoisotopic (exact) mass is 342 g/mol. The molecule has 0 aliphatic carbocycles. The number of benzene rings is 1. The number of halogens is 3. The van der Waals surface area contributed by atoms with Crippen molar-refractivity contribution in [3.8, 4) is 5.88 Å². The number of nitrogens with zero attached hydrogens (tertiary/aromatic N) is 2. The van der Waals surface area contributed by atoms with Crippen LogP contribution in [0.3, 0.4) is 0 Å². The molecule has 0 aliphatic rings. The molecular formula is C17H21F3N2O2. The molecule has 0 spiro atoms. The van der Waals surface area contributed by atoms with Crippen LogP contribution in [0.2, 0.25) is 0 Å². The molecule has 0 unspecified atom stereocenters. The van der Waals surface area contributed by atoms with Crippen molar-refractivity contribution < 1.29 is 23.0 Å². The Bertz CT molecular complexity index is 636. The fourth-order valence-corrected chi connectivity index (χ4v) is 2.28. The molecule has 0 bridgehead atoms. The van der Waals surface area contributed by atoms with Gasteiger partial charge in [-0.05, 0) is 37.0 Å². The van der Waals surface area contributed by atoms with Gasteiger partial charge in [-0.3, -0.25) is 4.68 Å². The van der Waals surface area contributed by atoms with E-state index in [9.17, 15) is 13.2 Å². The summed E-state index contributed by atoms with van der Waals surface area (Å²) in [5.41, 5.74) is 0.938. The van der Waals surface area contributed by atoms with Gasteiger partial charge in [0, 0.05) is 18.4 Å². The Morgan fingerprint density at radius 2 is 1.92 bits per heavy atom. The second-order valence-corrected chi connectivity index (χ2v) is 5.50. The van der Waals surface area contributed by atoms with E-state index < -0.39 is 11.7 Å². The molecule has 1 heterocycles. The number of rotatable bonds is 8. The van der Waals surface area contributed by atoms with Crippen LogP contribution in [0.4, 0.5) is 13.2 Å². The van der Waals surface area contributed by atoms with E-state index in [0.29, 0.717) is 31.9 Å². The first kappa shape index (κ1) is 18.3. The van der Waals surface area contributed by atoms with Crippen molar-refractivity contribution in [2.24, 2.45) is 0 Å². The maximum atomic E-state index is 12.6. The normalized spacial score (nSPS) is 11.7. The van der Waals surface area contributed by atoms with E-state index in [1.165, 1.54) is 12.1 Å². The lowest BCUT2D eigenvalue weighted by Gasteiger charge is -2.09. The number of ether oxygens (including phenoxy) is 1. The molecule has 132 valence electrons. The van der Waals surface area contributed by atoms with Crippen LogP contribution in [0.5, 0.6) is 5.88 Å². The van der Waals surface area contributed by atoms with Gasteiger partial charge in [0.1, 0.15) is 0 Å². The molecule has 1 N–H and O–H groups in total. The molecule has 0 saturated heterocycles. The van der Waals surface area contributed by atoms with Crippen LogP contribution in [0.1, 0.15) is 36.6 Å². The van der Waals surface area contributed by atoms with Crippen LogP contribution < -0.4 is 4.74 Å². The molecule has 2 aromatic rings. The Balaban J connectivity index is 2.15. The third-order valence-corrected chi connectivity index (χ3v) is 3.50. The summed E-state index contributed by atoms with van der Waals surface area (Å²) in [5.74, 6) is 0.497. The second kappa shape index (κ2) is 8.19. The van der Waals surface area contributed by atoms with Crippen LogP contribution in [-0.4, -0.2) is 28.1 Å². The molecule has 7 heteroatoms. The summed E-state index contributed by atoms with van der Waals surface area (Å²) in [7, 11) is 0. The molecule has 1 aromatic carbocycles. The zero-order valence-corrected chi connectivity index (χ0v) is 13.5. The summed E-state index contributed by atoms with van der Waals surface area (Å²) in [6, 6.07) is 6.86. The predicted octanol–water partition coefficient (Wildman–Crippen LogP) is 3.66. The van der Waals surface area contributed by atoms with Gasteiger partial charge in [-0.15, -0.1) is 5.10 Å². The molecule has 0 atom stereocenters. The average molecular weight is 342 g/mol. The number of alkyl halides is 3. The average Bonchev–Trinajstić information content (AvgIpc) is 2.92. The summed E-state index contributed by atoms with van der Waals surface area (Å²) >= 11 is 0. The lowest BCUT2D eigenvalue weighted by molar-refractivity contribution is -0.137. The standard InChI is InChI=1S/C17H21F3N2O2/c1-2-10-24-16-11-15(4-3-9-23)22(21-16)12-13-5-7-14(8-6-13)17(18,19)20/h5-8,11,23H,2-4,9-10,12H2,1H3. The van der Waals surface area contributed by atoms with Crippen LogP contribution >= 0.6 is 0 Å². The van der Waals surface area contributed by atoms with Gasteiger partial charge in [0.15, 0.2) is 0 Å². The Kier molecular flexibility index (Phi) is 6.25. The number of hydrogen-bond acceptors (Lipinski definition) is 3. The van der Waals surface area contributed by atoms with Gasteiger partial charge in [-0.2, -0.15) is 13.2 Å². The quantitative estimate of drug-likeness (QED) is 0.796. The Morgan fingerprint density at radius 1 is 1.21 bits per heavy atom. The highest BCUT2D eigenvalue weighted by molar-refractivity contribution is 5.26. The van der Waals surface area contributed by atoms with Crippen LogP contribution in [-0.2, 0) is 19.1 Å². The summed E-state index contributed by atoms with van der Waals surface area (Å²) < 4.78 is 45.1. The van der Waals surface area contributed by atoms with Gasteiger partial charge in [0.25, 0.3) is 0 Å². The van der Waals surface area contributed by atoms with Gasteiger partial charge in [0.2, 0.25) is 5.88 Å². The molecule has 0 aliphatic heterocycles. The van der Waals surface area contributed by atoms with Crippen molar-refractivity contribution in [2.45, 2.75) is 38.9 Å². The second-order valence-electron chi connectivity index (χ2n) is 5.50. The van der Waals surface area contributed by atoms with E-state index >= 15 is 0 Å². The van der Waals surface area contributed by atoms with Gasteiger partial charge >= 0.3 is 6.18 Å². The smallest absolute Gasteiger partial charge is 0.416 e. The maximum absolute atomic E-state index is 12.6. The molecule has 4 nitrogen and oxygen atoms in total. The molecule has 0 saturated carbocycles. The van der Waals surface area contributed by atoms with E-state index in [2.05, 4.69) is 5.10 Å². The fraction of sp³-hybridized carbons (Fsp3) is 0.471. The number of aliphatic hydroxyl groups is 1.